The number of allylic oxidation sites excluding steroid dienone is 1. The lowest BCUT2D eigenvalue weighted by Gasteiger charge is -2.72. The fourth-order valence-corrected chi connectivity index (χ4v) is 11.1. The zero-order valence-corrected chi connectivity index (χ0v) is 23.0. The summed E-state index contributed by atoms with van der Waals surface area (Å²) >= 11 is 0. The number of aliphatic hydroxyl groups excluding tert-OH is 4. The van der Waals surface area contributed by atoms with Crippen molar-refractivity contribution in [2.45, 2.75) is 105 Å². The van der Waals surface area contributed by atoms with Crippen LogP contribution in [0.15, 0.2) is 11.6 Å². The predicted octanol–water partition coefficient (Wildman–Crippen LogP) is 4.00. The van der Waals surface area contributed by atoms with Crippen LogP contribution >= 0.6 is 0 Å². The van der Waals surface area contributed by atoms with Crippen molar-refractivity contribution in [2.75, 3.05) is 6.61 Å². The van der Waals surface area contributed by atoms with Crippen LogP contribution < -0.4 is 0 Å². The van der Waals surface area contributed by atoms with Crippen LogP contribution in [0.4, 0.5) is 0 Å². The molecule has 0 aromatic heterocycles. The van der Waals surface area contributed by atoms with E-state index in [1.165, 1.54) is 0 Å². The molecule has 36 heavy (non-hydrogen) atoms. The Bertz CT molecular complexity index is 963. The lowest BCUT2D eigenvalue weighted by molar-refractivity contribution is -0.254. The number of hydrogen-bond donors (Lipinski definition) is 5. The zero-order valence-electron chi connectivity index (χ0n) is 23.0. The summed E-state index contributed by atoms with van der Waals surface area (Å²) in [4.78, 5) is 12.8. The Labute approximate surface area is 216 Å². The summed E-state index contributed by atoms with van der Waals surface area (Å²) in [6.07, 6.45) is 4.34. The lowest BCUT2D eigenvalue weighted by Crippen LogP contribution is -2.70. The number of carboxylic acids is 1. The van der Waals surface area contributed by atoms with E-state index in [0.717, 1.165) is 31.3 Å². The largest absolute Gasteiger partial charge is 0.481 e. The van der Waals surface area contributed by atoms with Gasteiger partial charge in [0.2, 0.25) is 0 Å². The van der Waals surface area contributed by atoms with Crippen molar-refractivity contribution >= 4 is 5.97 Å². The molecule has 204 valence electrons. The fraction of sp³-hybridized carbons (Fsp3) is 0.900. The number of rotatable bonds is 2. The first-order valence-corrected chi connectivity index (χ1v) is 14.2. The van der Waals surface area contributed by atoms with Crippen LogP contribution in [-0.2, 0) is 4.79 Å². The van der Waals surface area contributed by atoms with Gasteiger partial charge in [0.25, 0.3) is 0 Å². The molecule has 13 atom stereocenters. The number of carbonyl (C=O) groups is 1. The van der Waals surface area contributed by atoms with Gasteiger partial charge in [-0.05, 0) is 85.4 Å². The van der Waals surface area contributed by atoms with Gasteiger partial charge < -0.3 is 25.5 Å². The number of hydrogen-bond acceptors (Lipinski definition) is 5. The second kappa shape index (κ2) is 8.03. The van der Waals surface area contributed by atoms with Gasteiger partial charge in [-0.25, -0.2) is 0 Å². The van der Waals surface area contributed by atoms with Crippen LogP contribution in [0.25, 0.3) is 0 Å². The van der Waals surface area contributed by atoms with E-state index in [2.05, 4.69) is 40.7 Å². The van der Waals surface area contributed by atoms with Crippen LogP contribution in [0.2, 0.25) is 0 Å². The number of fused-ring (bicyclic) bond motifs is 7. The van der Waals surface area contributed by atoms with Gasteiger partial charge in [0.05, 0.1) is 30.3 Å². The highest BCUT2D eigenvalue weighted by atomic mass is 16.4. The molecule has 0 saturated heterocycles. The molecule has 5 rings (SSSR count). The number of aliphatic hydroxyl groups is 4. The standard InChI is InChI=1S/C30H48O6/c1-16-9-12-30(25(35)36)14-22(33)29(6)18(23(30)17(16)2)7-8-21-26(3)13-19(32)24(34)27(4,15-31)20(26)10-11-28(21,29)5/h7,16-17,19-24,31-34H,8-15H2,1-6H3,(H,35,36)/t16-,17+,19-,20-,21-,22+,23+,24+,26+,27+,28-,29+,30+/m1/s1. The molecule has 0 spiro atoms. The summed E-state index contributed by atoms with van der Waals surface area (Å²) in [5, 5.41) is 54.8. The fourth-order valence-electron chi connectivity index (χ4n) is 11.1. The van der Waals surface area contributed by atoms with Crippen molar-refractivity contribution in [1.82, 2.24) is 0 Å². The molecule has 0 bridgehead atoms. The Morgan fingerprint density at radius 1 is 1.00 bits per heavy atom. The molecule has 0 radical (unpaired) electrons. The maximum atomic E-state index is 12.8. The van der Waals surface area contributed by atoms with Crippen LogP contribution in [0, 0.1) is 56.7 Å². The van der Waals surface area contributed by atoms with Gasteiger partial charge in [-0.15, -0.1) is 0 Å². The first-order valence-electron chi connectivity index (χ1n) is 14.2. The van der Waals surface area contributed by atoms with Gasteiger partial charge in [-0.2, -0.15) is 0 Å². The van der Waals surface area contributed by atoms with Gasteiger partial charge in [0.15, 0.2) is 0 Å². The minimum atomic E-state index is -0.962. The third kappa shape index (κ3) is 2.91. The summed E-state index contributed by atoms with van der Waals surface area (Å²) in [7, 11) is 0. The van der Waals surface area contributed by atoms with E-state index in [-0.39, 0.29) is 47.5 Å². The van der Waals surface area contributed by atoms with Gasteiger partial charge in [-0.1, -0.05) is 53.2 Å². The van der Waals surface area contributed by atoms with Crippen molar-refractivity contribution in [2.24, 2.45) is 56.7 Å². The third-order valence-electron chi connectivity index (χ3n) is 13.5. The van der Waals surface area contributed by atoms with Gasteiger partial charge >= 0.3 is 5.97 Å². The Balaban J connectivity index is 1.66. The number of aliphatic carboxylic acids is 1. The molecule has 0 amide bonds. The SMILES string of the molecule is C[C@H]1[C@H](C)CC[C@]2(C(=O)O)C[C@H](O)[C@]3(C)C(=CC[C@@H]4[C@@]5(C)C[C@@H](O)[C@H](O)[C@@](C)(CO)[C@@H]5CC[C@]43C)[C@H]12. The van der Waals surface area contributed by atoms with E-state index in [4.69, 9.17) is 0 Å². The quantitative estimate of drug-likeness (QED) is 0.363. The molecule has 5 aliphatic rings. The van der Waals surface area contributed by atoms with Crippen LogP contribution in [0.1, 0.15) is 86.5 Å². The molecular formula is C30H48O6. The molecule has 0 aromatic carbocycles. The van der Waals surface area contributed by atoms with Crippen molar-refractivity contribution in [3.63, 3.8) is 0 Å². The molecule has 0 aromatic rings. The topological polar surface area (TPSA) is 118 Å². The van der Waals surface area contributed by atoms with Gasteiger partial charge in [0, 0.05) is 10.8 Å². The minimum Gasteiger partial charge on any atom is -0.481 e. The molecule has 5 N–H and O–H groups in total. The van der Waals surface area contributed by atoms with Crippen LogP contribution in [0.3, 0.4) is 0 Å². The van der Waals surface area contributed by atoms with Gasteiger partial charge in [-0.3, -0.25) is 4.79 Å². The van der Waals surface area contributed by atoms with Crippen molar-refractivity contribution in [3.05, 3.63) is 11.6 Å². The third-order valence-corrected chi connectivity index (χ3v) is 13.5. The predicted molar refractivity (Wildman–Crippen MR) is 137 cm³/mol. The highest BCUT2D eigenvalue weighted by molar-refractivity contribution is 5.77. The smallest absolute Gasteiger partial charge is 0.310 e. The summed E-state index contributed by atoms with van der Waals surface area (Å²) in [5.41, 5.74) is -1.71. The first kappa shape index (κ1) is 26.6. The van der Waals surface area contributed by atoms with Crippen LogP contribution in [0.5, 0.6) is 0 Å². The summed E-state index contributed by atoms with van der Waals surface area (Å²) < 4.78 is 0. The highest BCUT2D eigenvalue weighted by Crippen LogP contribution is 2.75. The molecule has 5 aliphatic carbocycles. The van der Waals surface area contributed by atoms with Crippen molar-refractivity contribution in [1.29, 1.82) is 0 Å². The average Bonchev–Trinajstić information content (AvgIpc) is 2.81. The first-order chi connectivity index (χ1) is 16.6. The molecule has 4 saturated carbocycles. The van der Waals surface area contributed by atoms with Crippen molar-refractivity contribution in [3.8, 4) is 0 Å². The molecule has 0 unspecified atom stereocenters. The molecule has 6 nitrogen and oxygen atoms in total. The minimum absolute atomic E-state index is 0.0532. The van der Waals surface area contributed by atoms with E-state index >= 15 is 0 Å². The monoisotopic (exact) mass is 504 g/mol. The summed E-state index contributed by atoms with van der Waals surface area (Å²) in [6.45, 7) is 12.9. The van der Waals surface area contributed by atoms with E-state index in [1.807, 2.05) is 6.92 Å². The maximum absolute atomic E-state index is 12.8. The molecule has 0 aliphatic heterocycles. The maximum Gasteiger partial charge on any atom is 0.310 e. The Hall–Kier alpha value is -0.950. The Morgan fingerprint density at radius 3 is 2.28 bits per heavy atom. The highest BCUT2D eigenvalue weighted by Gasteiger charge is 2.72. The Morgan fingerprint density at radius 2 is 1.67 bits per heavy atom. The van der Waals surface area contributed by atoms with Crippen LogP contribution in [-0.4, -0.2) is 56.4 Å². The van der Waals surface area contributed by atoms with Gasteiger partial charge in [0.1, 0.15) is 0 Å². The average molecular weight is 505 g/mol. The summed E-state index contributed by atoms with van der Waals surface area (Å²) in [5.74, 6) is 0.00812. The summed E-state index contributed by atoms with van der Waals surface area (Å²) in [6, 6.07) is 0. The molecule has 0 heterocycles. The van der Waals surface area contributed by atoms with E-state index < -0.39 is 40.5 Å². The Kier molecular flexibility index (Phi) is 5.95. The second-order valence-corrected chi connectivity index (χ2v) is 14.6. The zero-order chi connectivity index (χ0) is 26.6. The van der Waals surface area contributed by atoms with E-state index in [0.29, 0.717) is 18.8 Å². The second-order valence-electron chi connectivity index (χ2n) is 14.6. The van der Waals surface area contributed by atoms with E-state index in [1.54, 1.807) is 0 Å². The lowest BCUT2D eigenvalue weighted by atomic mass is 9.32. The molecule has 4 fully saturated rings. The van der Waals surface area contributed by atoms with Crippen molar-refractivity contribution < 1.29 is 30.3 Å². The number of carboxylic acid groups (broad SMARTS) is 1. The normalized spacial score (nSPS) is 58.6. The molecule has 6 heteroatoms. The van der Waals surface area contributed by atoms with E-state index in [9.17, 15) is 30.3 Å². The molecular weight excluding hydrogens is 456 g/mol.